The SMILES string of the molecule is CN(C)c1ccnc(N2CC3CN(c4cc(C5CC5)ncn4)CC3C2)n1. The minimum atomic E-state index is 0.654. The zero-order valence-corrected chi connectivity index (χ0v) is 15.4. The summed E-state index contributed by atoms with van der Waals surface area (Å²) in [5.74, 6) is 4.91. The maximum Gasteiger partial charge on any atom is 0.227 e. The van der Waals surface area contributed by atoms with Crippen LogP contribution in [0.4, 0.5) is 17.6 Å². The summed E-state index contributed by atoms with van der Waals surface area (Å²) in [4.78, 5) is 25.0. The van der Waals surface area contributed by atoms with Gasteiger partial charge >= 0.3 is 0 Å². The predicted octanol–water partition coefficient (Wildman–Crippen LogP) is 1.78. The second-order valence-corrected chi connectivity index (χ2v) is 8.01. The summed E-state index contributed by atoms with van der Waals surface area (Å²) in [7, 11) is 4.03. The Kier molecular flexibility index (Phi) is 3.69. The fraction of sp³-hybridized carbons (Fsp3) is 0.579. The average Bonchev–Trinajstić information content (AvgIpc) is 3.32. The van der Waals surface area contributed by atoms with Crippen molar-refractivity contribution in [2.45, 2.75) is 18.8 Å². The number of anilines is 3. The maximum atomic E-state index is 4.70. The highest BCUT2D eigenvalue weighted by atomic mass is 15.3. The van der Waals surface area contributed by atoms with Crippen molar-refractivity contribution >= 4 is 17.6 Å². The van der Waals surface area contributed by atoms with Gasteiger partial charge in [0.2, 0.25) is 5.95 Å². The molecule has 7 nitrogen and oxygen atoms in total. The molecule has 2 unspecified atom stereocenters. The number of rotatable bonds is 4. The molecule has 0 amide bonds. The fourth-order valence-corrected chi connectivity index (χ4v) is 4.22. The van der Waals surface area contributed by atoms with Gasteiger partial charge in [-0.05, 0) is 18.9 Å². The van der Waals surface area contributed by atoms with Crippen LogP contribution in [0.15, 0.2) is 24.7 Å². The van der Waals surface area contributed by atoms with E-state index in [1.54, 1.807) is 6.33 Å². The van der Waals surface area contributed by atoms with Crippen LogP contribution in [0.3, 0.4) is 0 Å². The molecule has 2 aliphatic heterocycles. The molecule has 26 heavy (non-hydrogen) atoms. The summed E-state index contributed by atoms with van der Waals surface area (Å²) in [5, 5.41) is 0. The van der Waals surface area contributed by atoms with E-state index in [0.29, 0.717) is 17.8 Å². The molecule has 2 aromatic heterocycles. The lowest BCUT2D eigenvalue weighted by atomic mass is 10.0. The Morgan fingerprint density at radius 3 is 2.38 bits per heavy atom. The lowest BCUT2D eigenvalue weighted by molar-refractivity contribution is 0.533. The highest BCUT2D eigenvalue weighted by Gasteiger charge is 2.41. The Morgan fingerprint density at radius 2 is 1.69 bits per heavy atom. The number of hydrogen-bond acceptors (Lipinski definition) is 7. The zero-order chi connectivity index (χ0) is 17.7. The molecule has 0 N–H and O–H groups in total. The number of aromatic nitrogens is 4. The first-order valence-electron chi connectivity index (χ1n) is 9.49. The summed E-state index contributed by atoms with van der Waals surface area (Å²) in [6, 6.07) is 4.16. The Labute approximate surface area is 154 Å². The van der Waals surface area contributed by atoms with Crippen LogP contribution in [0.1, 0.15) is 24.5 Å². The van der Waals surface area contributed by atoms with Crippen LogP contribution in [-0.2, 0) is 0 Å². The van der Waals surface area contributed by atoms with E-state index in [9.17, 15) is 0 Å². The highest BCUT2D eigenvalue weighted by Crippen LogP contribution is 2.40. The molecule has 5 rings (SSSR count). The monoisotopic (exact) mass is 351 g/mol. The van der Waals surface area contributed by atoms with E-state index in [4.69, 9.17) is 4.98 Å². The Hall–Kier alpha value is -2.44. The van der Waals surface area contributed by atoms with E-state index in [-0.39, 0.29) is 0 Å². The van der Waals surface area contributed by atoms with Gasteiger partial charge in [-0.1, -0.05) is 0 Å². The Morgan fingerprint density at radius 1 is 0.962 bits per heavy atom. The summed E-state index contributed by atoms with van der Waals surface area (Å²) >= 11 is 0. The smallest absolute Gasteiger partial charge is 0.227 e. The van der Waals surface area contributed by atoms with Gasteiger partial charge in [0.05, 0.1) is 0 Å². The number of hydrogen-bond donors (Lipinski definition) is 0. The molecular weight excluding hydrogens is 326 g/mol. The van der Waals surface area contributed by atoms with Crippen molar-refractivity contribution in [2.75, 3.05) is 55.0 Å². The molecule has 3 fully saturated rings. The molecule has 0 radical (unpaired) electrons. The first-order chi connectivity index (χ1) is 12.7. The van der Waals surface area contributed by atoms with Crippen molar-refractivity contribution in [1.29, 1.82) is 0 Å². The van der Waals surface area contributed by atoms with E-state index in [0.717, 1.165) is 43.8 Å². The molecular formula is C19H25N7. The minimum Gasteiger partial charge on any atom is -0.363 e. The molecule has 136 valence electrons. The van der Waals surface area contributed by atoms with Crippen molar-refractivity contribution in [3.8, 4) is 0 Å². The van der Waals surface area contributed by atoms with Crippen LogP contribution >= 0.6 is 0 Å². The van der Waals surface area contributed by atoms with E-state index in [1.165, 1.54) is 18.5 Å². The molecule has 7 heteroatoms. The second kappa shape index (κ2) is 6.07. The van der Waals surface area contributed by atoms with Crippen LogP contribution in [0, 0.1) is 11.8 Å². The average molecular weight is 351 g/mol. The molecule has 2 saturated heterocycles. The lowest BCUT2D eigenvalue weighted by Gasteiger charge is -2.23. The third kappa shape index (κ3) is 2.85. The van der Waals surface area contributed by atoms with Crippen LogP contribution in [0.2, 0.25) is 0 Å². The van der Waals surface area contributed by atoms with Gasteiger partial charge in [-0.3, -0.25) is 0 Å². The number of nitrogens with zero attached hydrogens (tertiary/aromatic N) is 7. The fourth-order valence-electron chi connectivity index (χ4n) is 4.22. The van der Waals surface area contributed by atoms with Crippen LogP contribution in [0.5, 0.6) is 0 Å². The molecule has 0 aromatic carbocycles. The molecule has 2 aromatic rings. The van der Waals surface area contributed by atoms with Gasteiger partial charge in [0.15, 0.2) is 0 Å². The van der Waals surface area contributed by atoms with Crippen molar-refractivity contribution in [3.05, 3.63) is 30.4 Å². The Bertz CT molecular complexity index is 732. The minimum absolute atomic E-state index is 0.654. The molecule has 1 aliphatic carbocycles. The van der Waals surface area contributed by atoms with E-state index >= 15 is 0 Å². The van der Waals surface area contributed by atoms with Gasteiger partial charge < -0.3 is 14.7 Å². The molecule has 1 saturated carbocycles. The molecule has 0 spiro atoms. The van der Waals surface area contributed by atoms with E-state index < -0.39 is 0 Å². The Balaban J connectivity index is 1.27. The number of fused-ring (bicyclic) bond motifs is 1. The predicted molar refractivity (Wildman–Crippen MR) is 102 cm³/mol. The van der Waals surface area contributed by atoms with Crippen molar-refractivity contribution in [2.24, 2.45) is 11.8 Å². The van der Waals surface area contributed by atoms with Crippen LogP contribution in [0.25, 0.3) is 0 Å². The first-order valence-corrected chi connectivity index (χ1v) is 9.49. The van der Waals surface area contributed by atoms with Gasteiger partial charge in [0.1, 0.15) is 18.0 Å². The summed E-state index contributed by atoms with van der Waals surface area (Å²) in [6.45, 7) is 4.18. The van der Waals surface area contributed by atoms with E-state index in [2.05, 4.69) is 30.8 Å². The summed E-state index contributed by atoms with van der Waals surface area (Å²) in [6.07, 6.45) is 6.16. The molecule has 2 atom stereocenters. The molecule has 0 bridgehead atoms. The topological polar surface area (TPSA) is 61.3 Å². The third-order valence-corrected chi connectivity index (χ3v) is 5.85. The maximum absolute atomic E-state index is 4.70. The summed E-state index contributed by atoms with van der Waals surface area (Å²) in [5.41, 5.74) is 1.22. The van der Waals surface area contributed by atoms with Crippen molar-refractivity contribution < 1.29 is 0 Å². The third-order valence-electron chi connectivity index (χ3n) is 5.85. The van der Waals surface area contributed by atoms with Gasteiger partial charge in [0, 0.05) is 76.0 Å². The standard InChI is InChI=1S/C19H25N7/c1-24(2)17-5-6-20-19(23-17)26-10-14-8-25(9-15(14)11-26)18-7-16(13-3-4-13)21-12-22-18/h5-7,12-15H,3-4,8-11H2,1-2H3. The zero-order valence-electron chi connectivity index (χ0n) is 15.4. The van der Waals surface area contributed by atoms with Crippen LogP contribution < -0.4 is 14.7 Å². The second-order valence-electron chi connectivity index (χ2n) is 8.01. The van der Waals surface area contributed by atoms with Crippen LogP contribution in [-0.4, -0.2) is 60.2 Å². The molecule has 3 aliphatic rings. The van der Waals surface area contributed by atoms with Gasteiger partial charge in [-0.2, -0.15) is 4.98 Å². The highest BCUT2D eigenvalue weighted by molar-refractivity contribution is 5.46. The molecule has 4 heterocycles. The normalized spacial score (nSPS) is 24.8. The van der Waals surface area contributed by atoms with Gasteiger partial charge in [-0.15, -0.1) is 0 Å². The summed E-state index contributed by atoms with van der Waals surface area (Å²) < 4.78 is 0. The lowest BCUT2D eigenvalue weighted by Crippen LogP contribution is -2.30. The van der Waals surface area contributed by atoms with Crippen molar-refractivity contribution in [1.82, 2.24) is 19.9 Å². The van der Waals surface area contributed by atoms with E-state index in [1.807, 2.05) is 31.3 Å². The van der Waals surface area contributed by atoms with Gasteiger partial charge in [0.25, 0.3) is 0 Å². The first kappa shape index (κ1) is 15.8. The van der Waals surface area contributed by atoms with Gasteiger partial charge in [-0.25, -0.2) is 15.0 Å². The largest absolute Gasteiger partial charge is 0.363 e. The quantitative estimate of drug-likeness (QED) is 0.832. The van der Waals surface area contributed by atoms with Crippen molar-refractivity contribution in [3.63, 3.8) is 0 Å².